The molecule has 0 radical (unpaired) electrons. The Morgan fingerprint density at radius 2 is 2.07 bits per heavy atom. The van der Waals surface area contributed by atoms with E-state index in [0.717, 1.165) is 33.5 Å². The summed E-state index contributed by atoms with van der Waals surface area (Å²) in [6.45, 7) is 5.58. The van der Waals surface area contributed by atoms with Gasteiger partial charge in [-0.3, -0.25) is 14.5 Å². The van der Waals surface area contributed by atoms with E-state index in [4.69, 9.17) is 17.3 Å². The van der Waals surface area contributed by atoms with Crippen LogP contribution >= 0.6 is 24.0 Å². The number of carboxylic acid groups (broad SMARTS) is 1. The van der Waals surface area contributed by atoms with Crippen LogP contribution in [0.5, 0.6) is 0 Å². The Hall–Kier alpha value is -2.19. The fourth-order valence-corrected chi connectivity index (χ4v) is 4.46. The molecule has 27 heavy (non-hydrogen) atoms. The van der Waals surface area contributed by atoms with E-state index in [-0.39, 0.29) is 20.3 Å². The summed E-state index contributed by atoms with van der Waals surface area (Å²) in [4.78, 5) is 26.5. The van der Waals surface area contributed by atoms with Gasteiger partial charge in [0.15, 0.2) is 0 Å². The summed E-state index contributed by atoms with van der Waals surface area (Å²) < 4.78 is 14.9. The molecule has 1 amide bonds. The monoisotopic (exact) mass is 406 g/mol. The maximum absolute atomic E-state index is 14.8. The molecule has 8 heteroatoms. The molecule has 0 spiro atoms. The second-order valence-electron chi connectivity index (χ2n) is 7.09. The van der Waals surface area contributed by atoms with Crippen LogP contribution in [0.25, 0.3) is 11.6 Å². The lowest BCUT2D eigenvalue weighted by Crippen LogP contribution is -2.42. The Bertz CT molecular complexity index is 937. The van der Waals surface area contributed by atoms with Crippen LogP contribution in [0, 0.1) is 5.82 Å². The van der Waals surface area contributed by atoms with Gasteiger partial charge in [-0.05, 0) is 44.6 Å². The zero-order valence-corrected chi connectivity index (χ0v) is 17.0. The number of hydrogen-bond acceptors (Lipinski definition) is 5. The van der Waals surface area contributed by atoms with E-state index < -0.39 is 24.2 Å². The van der Waals surface area contributed by atoms with Gasteiger partial charge in [-0.15, -0.1) is 0 Å². The molecule has 2 aliphatic rings. The van der Waals surface area contributed by atoms with Crippen LogP contribution < -0.4 is 4.90 Å². The van der Waals surface area contributed by atoms with E-state index in [1.54, 1.807) is 6.07 Å². The summed E-state index contributed by atoms with van der Waals surface area (Å²) in [5, 5.41) is 8.91. The van der Waals surface area contributed by atoms with Crippen molar-refractivity contribution in [2.45, 2.75) is 26.3 Å². The van der Waals surface area contributed by atoms with E-state index in [2.05, 4.69) is 19.9 Å². The van der Waals surface area contributed by atoms with Gasteiger partial charge in [-0.2, -0.15) is 0 Å². The first-order valence-corrected chi connectivity index (χ1v) is 9.48. The molecule has 1 aromatic rings. The quantitative estimate of drug-likeness (QED) is 0.610. The summed E-state index contributed by atoms with van der Waals surface area (Å²) in [6.07, 6.45) is 3.55. The predicted octanol–water partition coefficient (Wildman–Crippen LogP) is 3.74. The number of hydrogen-bond donors (Lipinski definition) is 1. The summed E-state index contributed by atoms with van der Waals surface area (Å²) >= 11 is 6.05. The fourth-order valence-electron chi connectivity index (χ4n) is 3.21. The number of anilines is 1. The highest BCUT2D eigenvalue weighted by Gasteiger charge is 2.34. The number of thiocarbonyl (C=S) groups is 1. The van der Waals surface area contributed by atoms with Crippen LogP contribution in [0.2, 0.25) is 0 Å². The Morgan fingerprint density at radius 3 is 2.70 bits per heavy atom. The molecule has 0 aliphatic carbocycles. The van der Waals surface area contributed by atoms with E-state index in [1.807, 2.05) is 18.9 Å². The van der Waals surface area contributed by atoms with Gasteiger partial charge >= 0.3 is 5.97 Å². The number of nitrogens with zero attached hydrogens (tertiary/aromatic N) is 2. The SMILES string of the molecule is CC1=CC(C)(C)N(C)c2cc(F)c(/C=C3\SC(=S)N(CC(=O)O)C3=O)cc21. The smallest absolute Gasteiger partial charge is 0.323 e. The minimum Gasteiger partial charge on any atom is -0.480 e. The molecule has 3 rings (SSSR count). The first-order chi connectivity index (χ1) is 12.5. The Morgan fingerprint density at radius 1 is 1.41 bits per heavy atom. The topological polar surface area (TPSA) is 60.9 Å². The molecule has 5 nitrogen and oxygen atoms in total. The molecule has 1 fully saturated rings. The Kier molecular flexibility index (Phi) is 4.90. The molecular formula is C19H19FN2O3S2. The number of thioether (sulfide) groups is 1. The summed E-state index contributed by atoms with van der Waals surface area (Å²) in [5.74, 6) is -2.12. The molecule has 1 aromatic carbocycles. The molecule has 0 unspecified atom stereocenters. The molecule has 142 valence electrons. The van der Waals surface area contributed by atoms with E-state index in [0.29, 0.717) is 0 Å². The van der Waals surface area contributed by atoms with Crippen molar-refractivity contribution in [2.24, 2.45) is 0 Å². The third-order valence-electron chi connectivity index (χ3n) is 4.79. The largest absolute Gasteiger partial charge is 0.480 e. The average Bonchev–Trinajstić information content (AvgIpc) is 2.81. The van der Waals surface area contributed by atoms with Gasteiger partial charge in [0.05, 0.1) is 10.4 Å². The van der Waals surface area contributed by atoms with Gasteiger partial charge in [0.2, 0.25) is 0 Å². The molecular weight excluding hydrogens is 387 g/mol. The third-order valence-corrected chi connectivity index (χ3v) is 6.17. The third kappa shape index (κ3) is 3.51. The minimum atomic E-state index is -1.15. The zero-order valence-electron chi connectivity index (χ0n) is 15.4. The van der Waals surface area contributed by atoms with Crippen molar-refractivity contribution in [3.63, 3.8) is 0 Å². The van der Waals surface area contributed by atoms with Gasteiger partial charge in [0, 0.05) is 23.9 Å². The number of allylic oxidation sites excluding steroid dienone is 1. The average molecular weight is 407 g/mol. The van der Waals surface area contributed by atoms with Gasteiger partial charge in [0.1, 0.15) is 16.7 Å². The summed E-state index contributed by atoms with van der Waals surface area (Å²) in [6, 6.07) is 3.18. The molecule has 0 atom stereocenters. The number of carbonyl (C=O) groups is 2. The van der Waals surface area contributed by atoms with E-state index in [1.165, 1.54) is 12.1 Å². The van der Waals surface area contributed by atoms with Gasteiger partial charge < -0.3 is 10.0 Å². The lowest BCUT2D eigenvalue weighted by atomic mass is 9.88. The number of fused-ring (bicyclic) bond motifs is 1. The standard InChI is InChI=1S/C19H19FN2O3S2/c1-10-8-19(2,3)21(4)14-7-13(20)11(5-12(10)14)6-15-17(25)22(9-16(23)24)18(26)27-15/h5-8H,9H2,1-4H3,(H,23,24)/b15-6-. The van der Waals surface area contributed by atoms with Crippen LogP contribution in [0.1, 0.15) is 31.9 Å². The molecule has 0 aromatic heterocycles. The number of carboxylic acids is 1. The normalized spacial score (nSPS) is 20.2. The number of likely N-dealkylation sites (N-methyl/N-ethyl adjacent to an activating group) is 1. The first-order valence-electron chi connectivity index (χ1n) is 8.25. The second-order valence-corrected chi connectivity index (χ2v) is 8.77. The molecule has 0 bridgehead atoms. The summed E-state index contributed by atoms with van der Waals surface area (Å²) in [5.41, 5.74) is 2.75. The van der Waals surface area contributed by atoms with Crippen LogP contribution in [-0.2, 0) is 9.59 Å². The molecule has 1 saturated heterocycles. The van der Waals surface area contributed by atoms with Crippen molar-refractivity contribution in [2.75, 3.05) is 18.5 Å². The van der Waals surface area contributed by atoms with E-state index in [9.17, 15) is 14.0 Å². The summed E-state index contributed by atoms with van der Waals surface area (Å²) in [7, 11) is 1.91. The lowest BCUT2D eigenvalue weighted by molar-refractivity contribution is -0.140. The molecule has 1 N–H and O–H groups in total. The van der Waals surface area contributed by atoms with Gasteiger partial charge in [0.25, 0.3) is 5.91 Å². The van der Waals surface area contributed by atoms with Gasteiger partial charge in [-0.1, -0.05) is 30.1 Å². The van der Waals surface area contributed by atoms with E-state index >= 15 is 0 Å². The highest BCUT2D eigenvalue weighted by Crippen LogP contribution is 2.40. The highest BCUT2D eigenvalue weighted by molar-refractivity contribution is 8.26. The second kappa shape index (κ2) is 6.76. The Labute approximate surface area is 166 Å². The number of halogens is 1. The van der Waals surface area contributed by atoms with Crippen LogP contribution in [0.3, 0.4) is 0 Å². The van der Waals surface area contributed by atoms with Gasteiger partial charge in [-0.25, -0.2) is 4.39 Å². The van der Waals surface area contributed by atoms with Crippen molar-refractivity contribution in [3.05, 3.63) is 40.1 Å². The number of aliphatic carboxylic acids is 1. The van der Waals surface area contributed by atoms with Crippen LogP contribution in [0.4, 0.5) is 10.1 Å². The van der Waals surface area contributed by atoms with Crippen molar-refractivity contribution in [3.8, 4) is 0 Å². The molecule has 2 aliphatic heterocycles. The maximum Gasteiger partial charge on any atom is 0.323 e. The Balaban J connectivity index is 2.02. The number of carbonyl (C=O) groups excluding carboxylic acids is 1. The van der Waals surface area contributed by atoms with Crippen molar-refractivity contribution in [1.82, 2.24) is 4.90 Å². The number of amides is 1. The minimum absolute atomic E-state index is 0.157. The van der Waals surface area contributed by atoms with Crippen LogP contribution in [0.15, 0.2) is 23.1 Å². The zero-order chi connectivity index (χ0) is 20.1. The highest BCUT2D eigenvalue weighted by atomic mass is 32.2. The number of benzene rings is 1. The maximum atomic E-state index is 14.8. The lowest BCUT2D eigenvalue weighted by Gasteiger charge is -2.40. The van der Waals surface area contributed by atoms with Crippen molar-refractivity contribution in [1.29, 1.82) is 0 Å². The number of rotatable bonds is 3. The predicted molar refractivity (Wildman–Crippen MR) is 110 cm³/mol. The van der Waals surface area contributed by atoms with Crippen LogP contribution in [-0.4, -0.2) is 45.3 Å². The molecule has 2 heterocycles. The fraction of sp³-hybridized carbons (Fsp3) is 0.316. The molecule has 0 saturated carbocycles. The van der Waals surface area contributed by atoms with Crippen molar-refractivity contribution >= 4 is 57.5 Å². The van der Waals surface area contributed by atoms with Crippen molar-refractivity contribution < 1.29 is 19.1 Å². The first kappa shape index (κ1) is 19.6.